The van der Waals surface area contributed by atoms with Crippen molar-refractivity contribution in [3.05, 3.63) is 235 Å². The lowest BCUT2D eigenvalue weighted by atomic mass is 9.57. The van der Waals surface area contributed by atoms with Gasteiger partial charge in [-0.15, -0.1) is 0 Å². The van der Waals surface area contributed by atoms with Gasteiger partial charge < -0.3 is 89.0 Å². The Morgan fingerprint density at radius 2 is 0.582 bits per heavy atom. The van der Waals surface area contributed by atoms with Gasteiger partial charge in [-0.05, 0) is 266 Å². The monoisotopic (exact) mass is 1330 g/mol. The van der Waals surface area contributed by atoms with E-state index >= 15 is 0 Å². The van der Waals surface area contributed by atoms with E-state index in [1.165, 1.54) is 28.4 Å². The van der Waals surface area contributed by atoms with Gasteiger partial charge in [-0.2, -0.15) is 0 Å². The average Bonchev–Trinajstić information content (AvgIpc) is 1.53. The number of hydrogen-bond donors (Lipinski definition) is 10. The first-order valence-corrected chi connectivity index (χ1v) is 32.9. The minimum Gasteiger partial charge on any atom is -0.508 e. The first-order chi connectivity index (χ1) is 46.8. The molecule has 6 aliphatic rings. The SMILES string of the molecule is COc1ccc([C@@H]2O[C@H](c3ccc(O)c(C)c3)[C@](C)(O)[C@@]23CCC2=C(C3)[C@@H](c3ccc(O)c(OC)c3)O[C@H]2c2ccc(O)c(C)c2)cc1O.COc1ccc([C@@H]2O[C@H](c3ccc(O)c(C)c3)[C@](C)(O)[C@]23CCC2=C(C3)[C@@H](c3ccc(O)c(OC)c3)O[C@H]2c2ccc(O)c(C)c2)cc1O. The van der Waals surface area contributed by atoms with E-state index in [0.717, 1.165) is 66.8 Å². The maximum absolute atomic E-state index is 12.9. The standard InChI is InChI=1S/2C40H42O9/c2*1-21-16-23(6-10-29(21)41)35-27-14-15-40(20-28(27)36(48-35)24-7-12-31(43)34(19-24)47-5)38(26-9-13-33(46-4)32(44)18-26)49-37(39(40,3)45)25-8-11-30(42)22(2)17-25/h2*6-13,16-19,35-38,41-45H,14-15,20H2,1-5H3/t35-,36+,37+,38-,39-,40+;35-,36+,37+,38-,39-,40-/m00/s1. The number of phenolic OH excluding ortho intramolecular Hbond substituents is 8. The molecule has 8 aromatic rings. The summed E-state index contributed by atoms with van der Waals surface area (Å²) in [6.07, 6.45) is -1.58. The van der Waals surface area contributed by atoms with Gasteiger partial charge in [0.2, 0.25) is 0 Å². The number of aromatic hydroxyl groups is 8. The number of phenols is 8. The summed E-state index contributed by atoms with van der Waals surface area (Å²) in [6, 6.07) is 42.3. The van der Waals surface area contributed by atoms with E-state index in [-0.39, 0.29) is 46.0 Å². The van der Waals surface area contributed by atoms with Crippen molar-refractivity contribution in [2.75, 3.05) is 28.4 Å². The molecule has 512 valence electrons. The summed E-state index contributed by atoms with van der Waals surface area (Å²) in [7, 11) is 6.00. The lowest BCUT2D eigenvalue weighted by Crippen LogP contribution is -2.48. The molecule has 4 heterocycles. The molecular weight excluding hydrogens is 1250 g/mol. The molecule has 0 amide bonds. The Bertz CT molecular complexity index is 4210. The summed E-state index contributed by atoms with van der Waals surface area (Å²) >= 11 is 0. The average molecular weight is 1330 g/mol. The van der Waals surface area contributed by atoms with Crippen LogP contribution in [-0.2, 0) is 18.9 Å². The predicted octanol–water partition coefficient (Wildman–Crippen LogP) is 15.4. The maximum Gasteiger partial charge on any atom is 0.160 e. The molecule has 0 bridgehead atoms. The second-order valence-corrected chi connectivity index (χ2v) is 27.6. The lowest BCUT2D eigenvalue weighted by molar-refractivity contribution is -0.0774. The molecule has 2 fully saturated rings. The molecule has 98 heavy (non-hydrogen) atoms. The van der Waals surface area contributed by atoms with E-state index in [0.29, 0.717) is 83.8 Å². The Morgan fingerprint density at radius 1 is 0.306 bits per heavy atom. The van der Waals surface area contributed by atoms with E-state index < -0.39 is 70.9 Å². The van der Waals surface area contributed by atoms with E-state index in [9.17, 15) is 51.1 Å². The van der Waals surface area contributed by atoms with Gasteiger partial charge in [0.15, 0.2) is 46.0 Å². The Morgan fingerprint density at radius 3 is 0.898 bits per heavy atom. The van der Waals surface area contributed by atoms with E-state index in [2.05, 4.69) is 0 Å². The van der Waals surface area contributed by atoms with Crippen molar-refractivity contribution >= 4 is 0 Å². The molecule has 14 rings (SSSR count). The third-order valence-electron chi connectivity index (χ3n) is 22.0. The van der Waals surface area contributed by atoms with Crippen LogP contribution in [0.15, 0.2) is 168 Å². The maximum atomic E-state index is 12.9. The zero-order chi connectivity index (χ0) is 69.7. The van der Waals surface area contributed by atoms with Crippen LogP contribution in [-0.4, -0.2) is 90.7 Å². The second kappa shape index (κ2) is 25.5. The first-order valence-electron chi connectivity index (χ1n) is 32.9. The summed E-state index contributed by atoms with van der Waals surface area (Å²) < 4.78 is 49.3. The second-order valence-electron chi connectivity index (χ2n) is 27.6. The van der Waals surface area contributed by atoms with E-state index in [4.69, 9.17) is 37.9 Å². The van der Waals surface area contributed by atoms with Gasteiger partial charge in [0.1, 0.15) is 70.8 Å². The highest BCUT2D eigenvalue weighted by atomic mass is 16.5. The van der Waals surface area contributed by atoms with E-state index in [1.54, 1.807) is 84.9 Å². The van der Waals surface area contributed by atoms with Gasteiger partial charge >= 0.3 is 0 Å². The number of ether oxygens (including phenoxy) is 8. The first kappa shape index (κ1) is 67.2. The molecule has 2 saturated heterocycles. The molecule has 18 heteroatoms. The molecule has 4 aliphatic heterocycles. The quantitative estimate of drug-likeness (QED) is 0.0509. The summed E-state index contributed by atoms with van der Waals surface area (Å²) in [5.74, 6) is 2.02. The highest BCUT2D eigenvalue weighted by Gasteiger charge is 2.68. The third-order valence-corrected chi connectivity index (χ3v) is 22.0. The Kier molecular flexibility index (Phi) is 17.5. The van der Waals surface area contributed by atoms with Crippen molar-refractivity contribution in [2.45, 2.75) is 140 Å². The fourth-order valence-electron chi connectivity index (χ4n) is 16.5. The van der Waals surface area contributed by atoms with Crippen LogP contribution in [0.1, 0.15) is 168 Å². The molecule has 10 N–H and O–H groups in total. The van der Waals surface area contributed by atoms with Crippen LogP contribution < -0.4 is 18.9 Å². The smallest absolute Gasteiger partial charge is 0.160 e. The summed E-state index contributed by atoms with van der Waals surface area (Å²) in [4.78, 5) is 0. The molecular formula is C80H84O18. The fourth-order valence-corrected chi connectivity index (χ4v) is 16.5. The van der Waals surface area contributed by atoms with Gasteiger partial charge in [0.05, 0.1) is 40.6 Å². The Labute approximate surface area is 569 Å². The number of aryl methyl sites for hydroxylation is 4. The van der Waals surface area contributed by atoms with Gasteiger partial charge in [-0.1, -0.05) is 48.5 Å². The van der Waals surface area contributed by atoms with Gasteiger partial charge in [0.25, 0.3) is 0 Å². The van der Waals surface area contributed by atoms with Crippen LogP contribution in [0.5, 0.6) is 69.0 Å². The van der Waals surface area contributed by atoms with Crippen LogP contribution >= 0.6 is 0 Å². The minimum atomic E-state index is -1.42. The predicted molar refractivity (Wildman–Crippen MR) is 364 cm³/mol. The Balaban J connectivity index is 0.000000176. The van der Waals surface area contributed by atoms with Crippen molar-refractivity contribution < 1.29 is 89.0 Å². The largest absolute Gasteiger partial charge is 0.508 e. The highest BCUT2D eigenvalue weighted by molar-refractivity contribution is 5.54. The van der Waals surface area contributed by atoms with Crippen LogP contribution in [0.25, 0.3) is 0 Å². The number of rotatable bonds is 12. The van der Waals surface area contributed by atoms with Crippen LogP contribution in [0.4, 0.5) is 0 Å². The molecule has 12 atom stereocenters. The third kappa shape index (κ3) is 11.1. The number of hydrogen-bond acceptors (Lipinski definition) is 18. The van der Waals surface area contributed by atoms with Crippen molar-refractivity contribution in [1.82, 2.24) is 0 Å². The zero-order valence-electron chi connectivity index (χ0n) is 56.5. The summed E-state index contributed by atoms with van der Waals surface area (Å²) in [5.41, 5.74) is 8.71. The molecule has 0 saturated carbocycles. The summed E-state index contributed by atoms with van der Waals surface area (Å²) in [6.45, 7) is 11.0. The molecule has 18 nitrogen and oxygen atoms in total. The molecule has 2 aliphatic carbocycles. The number of methoxy groups -OCH3 is 4. The molecule has 8 aromatic carbocycles. The highest BCUT2D eigenvalue weighted by Crippen LogP contribution is 2.71. The number of aliphatic hydroxyl groups is 2. The van der Waals surface area contributed by atoms with E-state index in [1.807, 2.05) is 102 Å². The van der Waals surface area contributed by atoms with Crippen molar-refractivity contribution in [3.63, 3.8) is 0 Å². The van der Waals surface area contributed by atoms with Crippen LogP contribution in [0.2, 0.25) is 0 Å². The number of benzene rings is 8. The van der Waals surface area contributed by atoms with Crippen LogP contribution in [0, 0.1) is 38.5 Å². The minimum absolute atomic E-state index is 0.0165. The van der Waals surface area contributed by atoms with Gasteiger partial charge in [0, 0.05) is 10.8 Å². The molecule has 0 radical (unpaired) electrons. The Hall–Kier alpha value is -9.40. The fraction of sp³-hybridized carbons (Fsp3) is 0.350. The normalized spacial score (nSPS) is 27.8. The molecule has 0 unspecified atom stereocenters. The van der Waals surface area contributed by atoms with Crippen LogP contribution in [0.3, 0.4) is 0 Å². The van der Waals surface area contributed by atoms with Gasteiger partial charge in [-0.3, -0.25) is 0 Å². The molecule has 0 aromatic heterocycles. The van der Waals surface area contributed by atoms with Gasteiger partial charge in [-0.25, -0.2) is 0 Å². The van der Waals surface area contributed by atoms with Crippen molar-refractivity contribution in [1.29, 1.82) is 0 Å². The lowest BCUT2D eigenvalue weighted by Gasteiger charge is -2.47. The summed E-state index contributed by atoms with van der Waals surface area (Å²) in [5, 5.41) is 110. The van der Waals surface area contributed by atoms with Crippen molar-refractivity contribution in [2.24, 2.45) is 10.8 Å². The molecule has 2 spiro atoms. The topological polar surface area (TPSA) is 276 Å². The van der Waals surface area contributed by atoms with Crippen molar-refractivity contribution in [3.8, 4) is 69.0 Å². The zero-order valence-corrected chi connectivity index (χ0v) is 56.5.